The van der Waals surface area contributed by atoms with E-state index in [1.807, 2.05) is 45.0 Å². The van der Waals surface area contributed by atoms with Crippen LogP contribution in [0.15, 0.2) is 36.9 Å². The first-order valence-electron chi connectivity index (χ1n) is 6.12. The van der Waals surface area contributed by atoms with Crippen LogP contribution in [0.25, 0.3) is 0 Å². The lowest BCUT2D eigenvalue weighted by atomic mass is 10.1. The summed E-state index contributed by atoms with van der Waals surface area (Å²) < 4.78 is 10.3. The van der Waals surface area contributed by atoms with Gasteiger partial charge in [0.25, 0.3) is 0 Å². The predicted molar refractivity (Wildman–Crippen MR) is 75.3 cm³/mol. The average Bonchev–Trinajstić information content (AvgIpc) is 2.34. The van der Waals surface area contributed by atoms with Gasteiger partial charge in [0.05, 0.1) is 13.2 Å². The first kappa shape index (κ1) is 15.1. The van der Waals surface area contributed by atoms with Crippen LogP contribution < -0.4 is 10.1 Å². The number of rotatable bonds is 4. The lowest BCUT2D eigenvalue weighted by Gasteiger charge is -2.22. The van der Waals surface area contributed by atoms with E-state index in [1.165, 1.54) is 0 Å². The topological polar surface area (TPSA) is 47.6 Å². The molecule has 0 aliphatic carbocycles. The maximum Gasteiger partial charge on any atom is 0.408 e. The molecule has 104 valence electrons. The van der Waals surface area contributed by atoms with Gasteiger partial charge in [0.2, 0.25) is 0 Å². The number of nitrogens with one attached hydrogen (secondary N) is 1. The Morgan fingerprint density at radius 3 is 2.32 bits per heavy atom. The van der Waals surface area contributed by atoms with Gasteiger partial charge in [-0.3, -0.25) is 0 Å². The fourth-order valence-corrected chi connectivity index (χ4v) is 1.52. The minimum atomic E-state index is -0.518. The van der Waals surface area contributed by atoms with Gasteiger partial charge < -0.3 is 14.8 Å². The summed E-state index contributed by atoms with van der Waals surface area (Å²) in [6.45, 7) is 9.19. The van der Waals surface area contributed by atoms with Crippen molar-refractivity contribution in [2.75, 3.05) is 7.11 Å². The quantitative estimate of drug-likeness (QED) is 0.846. The maximum absolute atomic E-state index is 11.7. The summed E-state index contributed by atoms with van der Waals surface area (Å²) in [6.07, 6.45) is 1.19. The molecule has 0 radical (unpaired) electrons. The Balaban J connectivity index is 2.72. The fraction of sp³-hybridized carbons (Fsp3) is 0.400. The second-order valence-electron chi connectivity index (χ2n) is 5.13. The van der Waals surface area contributed by atoms with Crippen molar-refractivity contribution < 1.29 is 14.3 Å². The molecule has 0 spiro atoms. The first-order chi connectivity index (χ1) is 8.85. The van der Waals surface area contributed by atoms with Crippen molar-refractivity contribution >= 4 is 6.09 Å². The number of amides is 1. The largest absolute Gasteiger partial charge is 0.497 e. The van der Waals surface area contributed by atoms with E-state index in [2.05, 4.69) is 11.9 Å². The molecule has 1 atom stereocenters. The normalized spacial score (nSPS) is 12.4. The molecule has 1 aromatic rings. The van der Waals surface area contributed by atoms with E-state index in [1.54, 1.807) is 13.2 Å². The smallest absolute Gasteiger partial charge is 0.408 e. The third kappa shape index (κ3) is 5.04. The summed E-state index contributed by atoms with van der Waals surface area (Å²) in [6, 6.07) is 7.14. The Bertz CT molecular complexity index is 432. The number of methoxy groups -OCH3 is 1. The van der Waals surface area contributed by atoms with Crippen molar-refractivity contribution in [3.05, 3.63) is 42.5 Å². The van der Waals surface area contributed by atoms with E-state index in [4.69, 9.17) is 9.47 Å². The Hall–Kier alpha value is -1.97. The molecule has 0 aliphatic heterocycles. The highest BCUT2D eigenvalue weighted by atomic mass is 16.6. The zero-order chi connectivity index (χ0) is 14.5. The molecule has 1 N–H and O–H groups in total. The lowest BCUT2D eigenvalue weighted by Crippen LogP contribution is -2.34. The van der Waals surface area contributed by atoms with Crippen molar-refractivity contribution in [2.45, 2.75) is 32.4 Å². The monoisotopic (exact) mass is 263 g/mol. The highest BCUT2D eigenvalue weighted by Crippen LogP contribution is 2.19. The summed E-state index contributed by atoms with van der Waals surface area (Å²) >= 11 is 0. The van der Waals surface area contributed by atoms with Crippen LogP contribution in [0.5, 0.6) is 5.75 Å². The van der Waals surface area contributed by atoms with Crippen LogP contribution in [0.3, 0.4) is 0 Å². The van der Waals surface area contributed by atoms with E-state index in [0.29, 0.717) is 0 Å². The van der Waals surface area contributed by atoms with Gasteiger partial charge in [-0.25, -0.2) is 4.79 Å². The Morgan fingerprint density at radius 1 is 1.32 bits per heavy atom. The molecule has 0 heterocycles. The van der Waals surface area contributed by atoms with Crippen LogP contribution in [0.4, 0.5) is 4.79 Å². The zero-order valence-electron chi connectivity index (χ0n) is 11.9. The SMILES string of the molecule is C=C[C@H](NC(=O)OC(C)(C)C)c1ccc(OC)cc1. The van der Waals surface area contributed by atoms with Crippen molar-refractivity contribution in [2.24, 2.45) is 0 Å². The molecule has 0 fully saturated rings. The number of carbonyl (C=O) groups excluding carboxylic acids is 1. The molecular formula is C15H21NO3. The van der Waals surface area contributed by atoms with E-state index in [-0.39, 0.29) is 6.04 Å². The predicted octanol–water partition coefficient (Wildman–Crippen LogP) is 3.45. The van der Waals surface area contributed by atoms with Gasteiger partial charge in [0.15, 0.2) is 0 Å². The summed E-state index contributed by atoms with van der Waals surface area (Å²) in [5, 5.41) is 2.76. The minimum Gasteiger partial charge on any atom is -0.497 e. The lowest BCUT2D eigenvalue weighted by molar-refractivity contribution is 0.0514. The average molecular weight is 263 g/mol. The molecule has 4 heteroatoms. The molecule has 0 aliphatic rings. The highest BCUT2D eigenvalue weighted by Gasteiger charge is 2.18. The molecule has 4 nitrogen and oxygen atoms in total. The standard InChI is InChI=1S/C15H21NO3/c1-6-13(16-14(17)19-15(2,3)4)11-7-9-12(18-5)10-8-11/h6-10,13H,1H2,2-5H3,(H,16,17)/t13-/m0/s1. The molecular weight excluding hydrogens is 242 g/mol. The number of alkyl carbamates (subject to hydrolysis) is 1. The zero-order valence-corrected chi connectivity index (χ0v) is 11.9. The Labute approximate surface area is 114 Å². The number of benzene rings is 1. The van der Waals surface area contributed by atoms with Gasteiger partial charge in [0, 0.05) is 0 Å². The van der Waals surface area contributed by atoms with Crippen LogP contribution in [0, 0.1) is 0 Å². The van der Waals surface area contributed by atoms with Gasteiger partial charge >= 0.3 is 6.09 Å². The number of hydrogen-bond acceptors (Lipinski definition) is 3. The summed E-state index contributed by atoms with van der Waals surface area (Å²) in [5.74, 6) is 0.767. The number of ether oxygens (including phenoxy) is 2. The van der Waals surface area contributed by atoms with Gasteiger partial charge in [0.1, 0.15) is 11.4 Å². The summed E-state index contributed by atoms with van der Waals surface area (Å²) in [7, 11) is 1.61. The van der Waals surface area contributed by atoms with Gasteiger partial charge in [-0.15, -0.1) is 6.58 Å². The van der Waals surface area contributed by atoms with E-state index in [9.17, 15) is 4.79 Å². The molecule has 0 unspecified atom stereocenters. The van der Waals surface area contributed by atoms with Crippen LogP contribution in [-0.4, -0.2) is 18.8 Å². The summed E-state index contributed by atoms with van der Waals surface area (Å²) in [5.41, 5.74) is 0.400. The maximum atomic E-state index is 11.7. The van der Waals surface area contributed by atoms with E-state index in [0.717, 1.165) is 11.3 Å². The Morgan fingerprint density at radius 2 is 1.89 bits per heavy atom. The fourth-order valence-electron chi connectivity index (χ4n) is 1.52. The molecule has 1 aromatic carbocycles. The first-order valence-corrected chi connectivity index (χ1v) is 6.12. The third-order valence-corrected chi connectivity index (χ3v) is 2.38. The molecule has 0 bridgehead atoms. The number of hydrogen-bond donors (Lipinski definition) is 1. The molecule has 1 amide bonds. The molecule has 0 saturated heterocycles. The second kappa shape index (κ2) is 6.27. The van der Waals surface area contributed by atoms with Crippen LogP contribution in [-0.2, 0) is 4.74 Å². The third-order valence-electron chi connectivity index (χ3n) is 2.38. The second-order valence-corrected chi connectivity index (χ2v) is 5.13. The highest BCUT2D eigenvalue weighted by molar-refractivity contribution is 5.68. The Kier molecular flexibility index (Phi) is 4.98. The van der Waals surface area contributed by atoms with Crippen LogP contribution in [0.1, 0.15) is 32.4 Å². The molecule has 1 rings (SSSR count). The van der Waals surface area contributed by atoms with E-state index >= 15 is 0 Å². The molecule has 0 saturated carbocycles. The van der Waals surface area contributed by atoms with Crippen LogP contribution in [0.2, 0.25) is 0 Å². The van der Waals surface area contributed by atoms with E-state index < -0.39 is 11.7 Å². The van der Waals surface area contributed by atoms with Crippen molar-refractivity contribution in [1.82, 2.24) is 5.32 Å². The minimum absolute atomic E-state index is 0.291. The summed E-state index contributed by atoms with van der Waals surface area (Å²) in [4.78, 5) is 11.7. The van der Waals surface area contributed by atoms with Gasteiger partial charge in [-0.05, 0) is 38.5 Å². The van der Waals surface area contributed by atoms with Gasteiger partial charge in [-0.1, -0.05) is 18.2 Å². The molecule has 19 heavy (non-hydrogen) atoms. The van der Waals surface area contributed by atoms with Crippen molar-refractivity contribution in [3.63, 3.8) is 0 Å². The molecule has 0 aromatic heterocycles. The van der Waals surface area contributed by atoms with Crippen molar-refractivity contribution in [3.8, 4) is 5.75 Å². The number of carbonyl (C=O) groups is 1. The van der Waals surface area contributed by atoms with Gasteiger partial charge in [-0.2, -0.15) is 0 Å². The van der Waals surface area contributed by atoms with Crippen LogP contribution >= 0.6 is 0 Å². The van der Waals surface area contributed by atoms with Crippen molar-refractivity contribution in [1.29, 1.82) is 0 Å².